The van der Waals surface area contributed by atoms with E-state index >= 15 is 0 Å². The Morgan fingerprint density at radius 3 is 2.58 bits per heavy atom. The Morgan fingerprint density at radius 1 is 1.16 bits per heavy atom. The molecule has 0 fully saturated rings. The zero-order chi connectivity index (χ0) is 13.8. The summed E-state index contributed by atoms with van der Waals surface area (Å²) in [5.74, 6) is -1.41. The van der Waals surface area contributed by atoms with Gasteiger partial charge in [0.2, 0.25) is 11.8 Å². The van der Waals surface area contributed by atoms with Crippen molar-refractivity contribution in [3.05, 3.63) is 47.5 Å². The van der Waals surface area contributed by atoms with Gasteiger partial charge < -0.3 is 15.5 Å². The van der Waals surface area contributed by atoms with Gasteiger partial charge in [0, 0.05) is 11.6 Å². The number of hydrogen-bond donors (Lipinski definition) is 3. The number of carbonyl (C=O) groups is 2. The minimum absolute atomic E-state index is 0.0449. The maximum atomic E-state index is 12.0. The second kappa shape index (κ2) is 5.18. The van der Waals surface area contributed by atoms with E-state index in [1.807, 2.05) is 0 Å². The molecule has 6 nitrogen and oxygen atoms in total. The van der Waals surface area contributed by atoms with Crippen LogP contribution in [0.15, 0.2) is 36.4 Å². The van der Waals surface area contributed by atoms with Crippen LogP contribution in [0.5, 0.6) is 11.8 Å². The largest absolute Gasteiger partial charge is 0.493 e. The Balaban J connectivity index is 2.28. The summed E-state index contributed by atoms with van der Waals surface area (Å²) < 4.78 is 0. The molecule has 1 aromatic heterocycles. The summed E-state index contributed by atoms with van der Waals surface area (Å²) in [7, 11) is 0. The lowest BCUT2D eigenvalue weighted by Crippen LogP contribution is -2.14. The zero-order valence-corrected chi connectivity index (χ0v) is 9.70. The van der Waals surface area contributed by atoms with E-state index < -0.39 is 11.8 Å². The smallest absolute Gasteiger partial charge is 0.256 e. The molecule has 0 radical (unpaired) electrons. The van der Waals surface area contributed by atoms with Gasteiger partial charge in [0.05, 0.1) is 5.56 Å². The van der Waals surface area contributed by atoms with Crippen LogP contribution in [-0.4, -0.2) is 27.4 Å². The van der Waals surface area contributed by atoms with Crippen molar-refractivity contribution in [2.45, 2.75) is 0 Å². The lowest BCUT2D eigenvalue weighted by molar-refractivity contribution is 0.101. The summed E-state index contributed by atoms with van der Waals surface area (Å²) in [6, 6.07) is 8.79. The molecule has 0 spiro atoms. The molecule has 0 bridgehead atoms. The first-order valence-corrected chi connectivity index (χ1v) is 5.36. The minimum atomic E-state index is -0.550. The number of anilines is 1. The Morgan fingerprint density at radius 2 is 1.89 bits per heavy atom. The SMILES string of the molecule is O=Cc1ccccc1C(=O)Nc1ccc(O)nc1O. The Bertz CT molecular complexity index is 640. The molecule has 1 amide bonds. The van der Waals surface area contributed by atoms with Crippen molar-refractivity contribution in [3.63, 3.8) is 0 Å². The second-order valence-corrected chi connectivity index (χ2v) is 3.70. The van der Waals surface area contributed by atoms with Crippen LogP contribution >= 0.6 is 0 Å². The highest BCUT2D eigenvalue weighted by Gasteiger charge is 2.13. The number of aldehydes is 1. The molecule has 19 heavy (non-hydrogen) atoms. The number of rotatable bonds is 3. The average molecular weight is 258 g/mol. The standard InChI is InChI=1S/C13H10N2O4/c16-7-8-3-1-2-4-9(8)12(18)14-10-5-6-11(17)15-13(10)19/h1-7H,(H,14,18)(H2,15,17,19). The zero-order valence-electron chi connectivity index (χ0n) is 9.70. The van der Waals surface area contributed by atoms with Crippen molar-refractivity contribution in [1.82, 2.24) is 4.98 Å². The molecule has 1 aromatic carbocycles. The van der Waals surface area contributed by atoms with Crippen LogP contribution in [0.3, 0.4) is 0 Å². The molecule has 0 unspecified atom stereocenters. The number of aromatic nitrogens is 1. The van der Waals surface area contributed by atoms with E-state index in [0.29, 0.717) is 6.29 Å². The number of nitrogens with zero attached hydrogens (tertiary/aromatic N) is 1. The molecule has 0 saturated heterocycles. The predicted molar refractivity (Wildman–Crippen MR) is 67.3 cm³/mol. The Kier molecular flexibility index (Phi) is 3.42. The van der Waals surface area contributed by atoms with Crippen LogP contribution in [0.25, 0.3) is 0 Å². The molecular weight excluding hydrogens is 248 g/mol. The molecule has 96 valence electrons. The van der Waals surface area contributed by atoms with Gasteiger partial charge in [0.25, 0.3) is 5.91 Å². The summed E-state index contributed by atoms with van der Waals surface area (Å²) in [6.45, 7) is 0. The molecule has 0 atom stereocenters. The predicted octanol–water partition coefficient (Wildman–Crippen LogP) is 1.56. The molecule has 6 heteroatoms. The van der Waals surface area contributed by atoms with Crippen molar-refractivity contribution < 1.29 is 19.8 Å². The van der Waals surface area contributed by atoms with Crippen LogP contribution in [0.1, 0.15) is 20.7 Å². The van der Waals surface area contributed by atoms with Crippen molar-refractivity contribution in [2.75, 3.05) is 5.32 Å². The van der Waals surface area contributed by atoms with Crippen molar-refractivity contribution in [2.24, 2.45) is 0 Å². The fourth-order valence-electron chi connectivity index (χ4n) is 1.53. The summed E-state index contributed by atoms with van der Waals surface area (Å²) >= 11 is 0. The third-order valence-corrected chi connectivity index (χ3v) is 2.44. The third-order valence-electron chi connectivity index (χ3n) is 2.44. The Hall–Kier alpha value is -2.89. The van der Waals surface area contributed by atoms with Gasteiger partial charge in [-0.05, 0) is 12.1 Å². The molecule has 2 aromatic rings. The minimum Gasteiger partial charge on any atom is -0.493 e. The van der Waals surface area contributed by atoms with Crippen LogP contribution in [-0.2, 0) is 0 Å². The third kappa shape index (κ3) is 2.68. The second-order valence-electron chi connectivity index (χ2n) is 3.70. The molecule has 3 N–H and O–H groups in total. The van der Waals surface area contributed by atoms with Gasteiger partial charge in [-0.3, -0.25) is 9.59 Å². The molecule has 2 rings (SSSR count). The van der Waals surface area contributed by atoms with Gasteiger partial charge >= 0.3 is 0 Å². The maximum absolute atomic E-state index is 12.0. The number of aromatic hydroxyl groups is 2. The van der Waals surface area contributed by atoms with Gasteiger partial charge in [-0.1, -0.05) is 18.2 Å². The van der Waals surface area contributed by atoms with Crippen molar-refractivity contribution >= 4 is 17.9 Å². The number of pyridine rings is 1. The number of benzene rings is 1. The van der Waals surface area contributed by atoms with E-state index in [4.69, 9.17) is 5.11 Å². The van der Waals surface area contributed by atoms with Crippen molar-refractivity contribution in [3.8, 4) is 11.8 Å². The average Bonchev–Trinajstić information content (AvgIpc) is 2.41. The van der Waals surface area contributed by atoms with Crippen molar-refractivity contribution in [1.29, 1.82) is 0 Å². The van der Waals surface area contributed by atoms with E-state index in [-0.39, 0.29) is 22.7 Å². The number of amides is 1. The normalized spacial score (nSPS) is 9.89. The summed E-state index contributed by atoms with van der Waals surface area (Å²) in [4.78, 5) is 26.2. The summed E-state index contributed by atoms with van der Waals surface area (Å²) in [5, 5.41) is 20.9. The van der Waals surface area contributed by atoms with Gasteiger partial charge in [0.1, 0.15) is 5.69 Å². The lowest BCUT2D eigenvalue weighted by Gasteiger charge is -2.08. The molecule has 0 aliphatic heterocycles. The topological polar surface area (TPSA) is 99.5 Å². The maximum Gasteiger partial charge on any atom is 0.256 e. The van der Waals surface area contributed by atoms with E-state index in [2.05, 4.69) is 10.3 Å². The highest BCUT2D eigenvalue weighted by atomic mass is 16.3. The van der Waals surface area contributed by atoms with E-state index in [9.17, 15) is 14.7 Å². The monoisotopic (exact) mass is 258 g/mol. The first-order valence-electron chi connectivity index (χ1n) is 5.36. The summed E-state index contributed by atoms with van der Waals surface area (Å²) in [5.41, 5.74) is 0.472. The fraction of sp³-hybridized carbons (Fsp3) is 0. The highest BCUT2D eigenvalue weighted by Crippen LogP contribution is 2.23. The summed E-state index contributed by atoms with van der Waals surface area (Å²) in [6.07, 6.45) is 0.573. The quantitative estimate of drug-likeness (QED) is 0.725. The van der Waals surface area contributed by atoms with Gasteiger partial charge in [-0.15, -0.1) is 0 Å². The van der Waals surface area contributed by atoms with Crippen LogP contribution in [0.2, 0.25) is 0 Å². The molecular formula is C13H10N2O4. The molecule has 0 aliphatic carbocycles. The van der Waals surface area contributed by atoms with Gasteiger partial charge in [-0.2, -0.15) is 4.98 Å². The van der Waals surface area contributed by atoms with E-state index in [1.165, 1.54) is 24.3 Å². The number of carbonyl (C=O) groups excluding carboxylic acids is 2. The molecule has 0 aliphatic rings. The first kappa shape index (κ1) is 12.6. The van der Waals surface area contributed by atoms with Crippen LogP contribution in [0.4, 0.5) is 5.69 Å². The first-order chi connectivity index (χ1) is 9.11. The Labute approximate surface area is 108 Å². The van der Waals surface area contributed by atoms with Gasteiger partial charge in [0.15, 0.2) is 6.29 Å². The fourth-order valence-corrected chi connectivity index (χ4v) is 1.53. The number of nitrogens with one attached hydrogen (secondary N) is 1. The van der Waals surface area contributed by atoms with E-state index in [1.54, 1.807) is 12.1 Å². The molecule has 0 saturated carbocycles. The van der Waals surface area contributed by atoms with Gasteiger partial charge in [-0.25, -0.2) is 0 Å². The van der Waals surface area contributed by atoms with Crippen LogP contribution in [0, 0.1) is 0 Å². The van der Waals surface area contributed by atoms with E-state index in [0.717, 1.165) is 0 Å². The lowest BCUT2D eigenvalue weighted by atomic mass is 10.1. The highest BCUT2D eigenvalue weighted by molar-refractivity contribution is 6.09. The number of hydrogen-bond acceptors (Lipinski definition) is 5. The van der Waals surface area contributed by atoms with Crippen LogP contribution < -0.4 is 5.32 Å². The molecule has 1 heterocycles.